The van der Waals surface area contributed by atoms with Crippen molar-refractivity contribution in [1.82, 2.24) is 4.90 Å². The second-order valence-electron chi connectivity index (χ2n) is 10.2. The van der Waals surface area contributed by atoms with Crippen LogP contribution in [0.3, 0.4) is 0 Å². The van der Waals surface area contributed by atoms with Crippen LogP contribution in [0.25, 0.3) is 0 Å². The Balaban J connectivity index is 1.26. The number of ether oxygens (including phenoxy) is 1. The third-order valence-electron chi connectivity index (χ3n) is 7.07. The number of benzene rings is 3. The molecule has 1 saturated heterocycles. The molecule has 6 heteroatoms. The molecule has 0 bridgehead atoms. The van der Waals surface area contributed by atoms with Crippen LogP contribution in [-0.2, 0) is 22.4 Å². The van der Waals surface area contributed by atoms with Crippen LogP contribution in [0.4, 0.5) is 4.39 Å². The highest BCUT2D eigenvalue weighted by atomic mass is 19.1. The Morgan fingerprint density at radius 2 is 1.61 bits per heavy atom. The lowest BCUT2D eigenvalue weighted by atomic mass is 9.94. The van der Waals surface area contributed by atoms with E-state index < -0.39 is 6.04 Å². The van der Waals surface area contributed by atoms with Gasteiger partial charge in [-0.1, -0.05) is 48.0 Å². The van der Waals surface area contributed by atoms with Gasteiger partial charge in [0.05, 0.1) is 19.0 Å². The number of aliphatic imine (C=N–C) groups is 1. The van der Waals surface area contributed by atoms with Gasteiger partial charge in [0, 0.05) is 18.7 Å². The van der Waals surface area contributed by atoms with E-state index >= 15 is 0 Å². The van der Waals surface area contributed by atoms with Crippen molar-refractivity contribution in [2.75, 3.05) is 13.1 Å². The van der Waals surface area contributed by atoms with Crippen molar-refractivity contribution in [2.45, 2.75) is 38.6 Å². The molecule has 0 radical (unpaired) electrons. The summed E-state index contributed by atoms with van der Waals surface area (Å²) in [6, 6.07) is 22.9. The van der Waals surface area contributed by atoms with E-state index in [0.29, 0.717) is 31.0 Å². The van der Waals surface area contributed by atoms with E-state index in [-0.39, 0.29) is 36.3 Å². The standard InChI is InChI=1S/C32H31FN2O3/c1-22-15-27(34-20-22)19-32(37)35-21-25(16-23-5-3-2-4-6-23)17-30(35)31(36)18-24-7-11-28(12-8-24)38-29-13-9-26(33)10-14-29/h2-15,25,30H,16-21H2,1H3/t25-,30+/m1/s1. The molecule has 1 amide bonds. The number of carbonyl (C=O) groups excluding carboxylic acids is 2. The van der Waals surface area contributed by atoms with Gasteiger partial charge in [0.1, 0.15) is 17.3 Å². The van der Waals surface area contributed by atoms with Crippen molar-refractivity contribution < 1.29 is 18.7 Å². The molecule has 0 saturated carbocycles. The molecule has 5 rings (SSSR count). The summed E-state index contributed by atoms with van der Waals surface area (Å²) in [5.74, 6) is 1.06. The number of amides is 1. The van der Waals surface area contributed by atoms with E-state index in [4.69, 9.17) is 4.74 Å². The van der Waals surface area contributed by atoms with Gasteiger partial charge < -0.3 is 9.64 Å². The highest BCUT2D eigenvalue weighted by molar-refractivity contribution is 6.09. The van der Waals surface area contributed by atoms with Crippen LogP contribution in [0.5, 0.6) is 11.5 Å². The zero-order valence-electron chi connectivity index (χ0n) is 21.5. The molecule has 0 unspecified atom stereocenters. The summed E-state index contributed by atoms with van der Waals surface area (Å²) in [4.78, 5) is 33.1. The molecule has 194 valence electrons. The minimum absolute atomic E-state index is 0.0355. The van der Waals surface area contributed by atoms with Crippen molar-refractivity contribution in [3.63, 3.8) is 0 Å². The Bertz CT molecular complexity index is 1350. The summed E-state index contributed by atoms with van der Waals surface area (Å²) in [6.45, 7) is 3.22. The number of hydrogen-bond donors (Lipinski definition) is 0. The van der Waals surface area contributed by atoms with Crippen LogP contribution in [0.15, 0.2) is 95.5 Å². The predicted octanol–water partition coefficient (Wildman–Crippen LogP) is 5.98. The van der Waals surface area contributed by atoms with Crippen LogP contribution in [-0.4, -0.2) is 41.4 Å². The molecule has 2 aliphatic rings. The lowest BCUT2D eigenvalue weighted by Crippen LogP contribution is -2.41. The van der Waals surface area contributed by atoms with Crippen molar-refractivity contribution in [3.05, 3.63) is 107 Å². The molecule has 2 heterocycles. The first-order valence-corrected chi connectivity index (χ1v) is 13.0. The van der Waals surface area contributed by atoms with Gasteiger partial charge in [-0.05, 0) is 79.3 Å². The number of carbonyl (C=O) groups is 2. The first kappa shape index (κ1) is 25.6. The molecule has 0 spiro atoms. The minimum atomic E-state index is -0.446. The highest BCUT2D eigenvalue weighted by Gasteiger charge is 2.39. The second-order valence-corrected chi connectivity index (χ2v) is 10.2. The summed E-state index contributed by atoms with van der Waals surface area (Å²) < 4.78 is 18.9. The zero-order valence-corrected chi connectivity index (χ0v) is 21.5. The number of rotatable bonds is 9. The quantitative estimate of drug-likeness (QED) is 0.356. The zero-order chi connectivity index (χ0) is 26.5. The Hall–Kier alpha value is -4.06. The Morgan fingerprint density at radius 1 is 0.921 bits per heavy atom. The number of likely N-dealkylation sites (tertiary alicyclic amines) is 1. The number of Topliss-reactive ketones (excluding diaryl/α,β-unsaturated/α-hetero) is 1. The summed E-state index contributed by atoms with van der Waals surface area (Å²) in [5.41, 5.74) is 4.02. The molecule has 3 aromatic carbocycles. The van der Waals surface area contributed by atoms with E-state index in [2.05, 4.69) is 17.1 Å². The molecule has 0 aromatic heterocycles. The first-order chi connectivity index (χ1) is 18.4. The third-order valence-corrected chi connectivity index (χ3v) is 7.07. The maximum atomic E-state index is 13.5. The lowest BCUT2D eigenvalue weighted by Gasteiger charge is -2.24. The van der Waals surface area contributed by atoms with Gasteiger partial charge in [-0.25, -0.2) is 4.39 Å². The van der Waals surface area contributed by atoms with Gasteiger partial charge in [0.25, 0.3) is 0 Å². The Labute approximate surface area is 222 Å². The third kappa shape index (κ3) is 6.43. The van der Waals surface area contributed by atoms with Crippen LogP contribution in [0.2, 0.25) is 0 Å². The molecule has 38 heavy (non-hydrogen) atoms. The normalized spacial score (nSPS) is 18.7. The van der Waals surface area contributed by atoms with E-state index in [1.165, 1.54) is 17.7 Å². The number of halogens is 1. The van der Waals surface area contributed by atoms with Gasteiger partial charge in [0.15, 0.2) is 5.78 Å². The summed E-state index contributed by atoms with van der Waals surface area (Å²) in [6.07, 6.45) is 3.94. The van der Waals surface area contributed by atoms with E-state index in [1.807, 2.05) is 43.3 Å². The fourth-order valence-electron chi connectivity index (χ4n) is 5.20. The molecular formula is C32H31FN2O3. The molecule has 0 aliphatic carbocycles. The number of nitrogens with zero attached hydrogens (tertiary/aromatic N) is 2. The second kappa shape index (κ2) is 11.5. The molecular weight excluding hydrogens is 479 g/mol. The van der Waals surface area contributed by atoms with Gasteiger partial charge in [-0.15, -0.1) is 0 Å². The monoisotopic (exact) mass is 510 g/mol. The lowest BCUT2D eigenvalue weighted by molar-refractivity contribution is -0.136. The average Bonchev–Trinajstić information content (AvgIpc) is 3.53. The number of hydrogen-bond acceptors (Lipinski definition) is 4. The van der Waals surface area contributed by atoms with Crippen LogP contribution in [0, 0.1) is 11.7 Å². The largest absolute Gasteiger partial charge is 0.457 e. The molecule has 3 aromatic rings. The minimum Gasteiger partial charge on any atom is -0.457 e. The van der Waals surface area contributed by atoms with Crippen LogP contribution < -0.4 is 4.74 Å². The van der Waals surface area contributed by atoms with Crippen molar-refractivity contribution in [1.29, 1.82) is 0 Å². The van der Waals surface area contributed by atoms with Crippen LogP contribution >= 0.6 is 0 Å². The predicted molar refractivity (Wildman–Crippen MR) is 146 cm³/mol. The number of allylic oxidation sites excluding steroid dienone is 1. The molecule has 2 atom stereocenters. The van der Waals surface area contributed by atoms with Crippen molar-refractivity contribution in [2.24, 2.45) is 10.9 Å². The smallest absolute Gasteiger partial charge is 0.229 e. The van der Waals surface area contributed by atoms with Gasteiger partial charge in [-0.2, -0.15) is 0 Å². The fourth-order valence-corrected chi connectivity index (χ4v) is 5.20. The summed E-state index contributed by atoms with van der Waals surface area (Å²) in [7, 11) is 0. The molecule has 5 nitrogen and oxygen atoms in total. The van der Waals surface area contributed by atoms with E-state index in [0.717, 1.165) is 23.3 Å². The Morgan fingerprint density at radius 3 is 2.26 bits per heavy atom. The van der Waals surface area contributed by atoms with Crippen molar-refractivity contribution in [3.8, 4) is 11.5 Å². The van der Waals surface area contributed by atoms with Crippen molar-refractivity contribution >= 4 is 17.4 Å². The first-order valence-electron chi connectivity index (χ1n) is 13.0. The SMILES string of the molecule is CC1=CC(CC(=O)N2C[C@H](Cc3ccccc3)C[C@H]2C(=O)Cc2ccc(Oc3ccc(F)cc3)cc2)=NC1. The van der Waals surface area contributed by atoms with Gasteiger partial charge in [-0.3, -0.25) is 14.6 Å². The van der Waals surface area contributed by atoms with Gasteiger partial charge >= 0.3 is 0 Å². The van der Waals surface area contributed by atoms with E-state index in [1.54, 1.807) is 29.2 Å². The average molecular weight is 511 g/mol. The molecule has 0 N–H and O–H groups in total. The summed E-state index contributed by atoms with van der Waals surface area (Å²) in [5, 5.41) is 0. The molecule has 2 aliphatic heterocycles. The van der Waals surface area contributed by atoms with Crippen LogP contribution in [0.1, 0.15) is 30.9 Å². The molecule has 1 fully saturated rings. The number of ketones is 1. The summed E-state index contributed by atoms with van der Waals surface area (Å²) >= 11 is 0. The highest BCUT2D eigenvalue weighted by Crippen LogP contribution is 2.29. The maximum Gasteiger partial charge on any atom is 0.229 e. The Kier molecular flexibility index (Phi) is 7.78. The van der Waals surface area contributed by atoms with E-state index in [9.17, 15) is 14.0 Å². The fraction of sp³-hybridized carbons (Fsp3) is 0.281. The maximum absolute atomic E-state index is 13.5. The topological polar surface area (TPSA) is 59.0 Å². The van der Waals surface area contributed by atoms with Gasteiger partial charge in [0.2, 0.25) is 5.91 Å².